The van der Waals surface area contributed by atoms with Crippen molar-refractivity contribution in [1.29, 1.82) is 0 Å². The molecule has 1 aliphatic rings. The quantitative estimate of drug-likeness (QED) is 0.286. The van der Waals surface area contributed by atoms with Crippen molar-refractivity contribution >= 4 is 46.9 Å². The largest absolute Gasteiger partial charge is 0.356 e. The van der Waals surface area contributed by atoms with Gasteiger partial charge >= 0.3 is 0 Å². The number of aryl methyl sites for hydroxylation is 1. The average molecular weight is 539 g/mol. The molecular formula is C22H31IN6S. The third kappa shape index (κ3) is 5.95. The van der Waals surface area contributed by atoms with E-state index >= 15 is 0 Å². The van der Waals surface area contributed by atoms with Gasteiger partial charge in [0.2, 0.25) is 0 Å². The fourth-order valence-corrected chi connectivity index (χ4v) is 4.56. The van der Waals surface area contributed by atoms with E-state index in [0.29, 0.717) is 6.04 Å². The number of nitrogens with zero attached hydrogens (tertiary/aromatic N) is 4. The van der Waals surface area contributed by atoms with Gasteiger partial charge in [-0.1, -0.05) is 6.07 Å². The summed E-state index contributed by atoms with van der Waals surface area (Å²) < 4.78 is 2.10. The van der Waals surface area contributed by atoms with Crippen LogP contribution in [-0.2, 0) is 13.0 Å². The van der Waals surface area contributed by atoms with Crippen LogP contribution in [-0.4, -0.2) is 53.0 Å². The van der Waals surface area contributed by atoms with E-state index < -0.39 is 0 Å². The molecule has 30 heavy (non-hydrogen) atoms. The van der Waals surface area contributed by atoms with Crippen LogP contribution in [0.4, 0.5) is 0 Å². The summed E-state index contributed by atoms with van der Waals surface area (Å²) >= 11 is 1.78. The molecule has 4 rings (SSSR count). The second-order valence-electron chi connectivity index (χ2n) is 7.73. The molecule has 162 valence electrons. The van der Waals surface area contributed by atoms with Crippen LogP contribution in [0.15, 0.2) is 46.3 Å². The summed E-state index contributed by atoms with van der Waals surface area (Å²) in [5, 5.41) is 11.5. The van der Waals surface area contributed by atoms with E-state index in [4.69, 9.17) is 4.98 Å². The second kappa shape index (κ2) is 11.1. The lowest BCUT2D eigenvalue weighted by Crippen LogP contribution is -2.48. The van der Waals surface area contributed by atoms with Crippen molar-refractivity contribution in [2.75, 3.05) is 26.7 Å². The van der Waals surface area contributed by atoms with Crippen LogP contribution < -0.4 is 10.6 Å². The Morgan fingerprint density at radius 1 is 1.30 bits per heavy atom. The molecule has 1 fully saturated rings. The Labute approximate surface area is 199 Å². The van der Waals surface area contributed by atoms with Crippen LogP contribution in [0.3, 0.4) is 0 Å². The number of piperidine rings is 1. The highest BCUT2D eigenvalue weighted by Crippen LogP contribution is 2.15. The molecule has 1 saturated heterocycles. The minimum Gasteiger partial charge on any atom is -0.356 e. The monoisotopic (exact) mass is 538 g/mol. The van der Waals surface area contributed by atoms with Crippen LogP contribution >= 0.6 is 35.3 Å². The van der Waals surface area contributed by atoms with Gasteiger partial charge in [0.15, 0.2) is 5.96 Å². The first-order valence-corrected chi connectivity index (χ1v) is 11.3. The number of aliphatic imine (C=N–C) groups is 1. The van der Waals surface area contributed by atoms with Gasteiger partial charge < -0.3 is 15.0 Å². The van der Waals surface area contributed by atoms with Gasteiger partial charge in [-0.25, -0.2) is 4.98 Å². The standard InChI is InChI=1S/C22H30N6S.HI/c1-17-4-3-10-28-15-20(25-21(17)28)5-9-24-22(23-2)26-19-6-11-27(12-7-19)14-18-8-13-29-16-18;/h3-4,8,10,13,15-16,19H,5-7,9,11-12,14H2,1-2H3,(H2,23,24,26);1H. The highest BCUT2D eigenvalue weighted by molar-refractivity contribution is 14.0. The van der Waals surface area contributed by atoms with Gasteiger partial charge in [0.05, 0.1) is 5.69 Å². The molecule has 0 aromatic carbocycles. The van der Waals surface area contributed by atoms with Crippen LogP contribution in [0.25, 0.3) is 5.65 Å². The number of imidazole rings is 1. The first-order valence-electron chi connectivity index (χ1n) is 10.3. The fraction of sp³-hybridized carbons (Fsp3) is 0.455. The minimum absolute atomic E-state index is 0. The van der Waals surface area contributed by atoms with Crippen molar-refractivity contribution < 1.29 is 0 Å². The summed E-state index contributed by atoms with van der Waals surface area (Å²) in [5.74, 6) is 0.890. The first-order chi connectivity index (χ1) is 14.2. The SMILES string of the molecule is CN=C(NCCc1cn2cccc(C)c2n1)NC1CCN(Cc2ccsc2)CC1.I. The predicted molar refractivity (Wildman–Crippen MR) is 136 cm³/mol. The maximum absolute atomic E-state index is 4.75. The molecule has 3 aromatic heterocycles. The summed E-state index contributed by atoms with van der Waals surface area (Å²) in [6, 6.07) is 6.87. The van der Waals surface area contributed by atoms with Gasteiger partial charge in [-0.3, -0.25) is 9.89 Å². The number of aromatic nitrogens is 2. The Balaban J connectivity index is 0.00000256. The Hall–Kier alpha value is -1.65. The molecule has 0 amide bonds. The molecule has 8 heteroatoms. The lowest BCUT2D eigenvalue weighted by molar-refractivity contribution is 0.198. The molecule has 0 spiro atoms. The molecule has 0 aliphatic carbocycles. The molecule has 2 N–H and O–H groups in total. The maximum Gasteiger partial charge on any atom is 0.191 e. The number of pyridine rings is 1. The van der Waals surface area contributed by atoms with Crippen molar-refractivity contribution in [3.8, 4) is 0 Å². The third-order valence-corrected chi connectivity index (χ3v) is 6.27. The summed E-state index contributed by atoms with van der Waals surface area (Å²) in [5.41, 5.74) is 4.78. The van der Waals surface area contributed by atoms with Crippen molar-refractivity contribution in [3.63, 3.8) is 0 Å². The Morgan fingerprint density at radius 3 is 2.83 bits per heavy atom. The molecule has 4 heterocycles. The van der Waals surface area contributed by atoms with Crippen molar-refractivity contribution in [2.45, 2.75) is 38.8 Å². The van der Waals surface area contributed by atoms with E-state index in [1.54, 1.807) is 11.3 Å². The van der Waals surface area contributed by atoms with E-state index in [2.05, 4.69) is 73.2 Å². The number of likely N-dealkylation sites (tertiary alicyclic amines) is 1. The number of fused-ring (bicyclic) bond motifs is 1. The zero-order valence-corrected chi connectivity index (χ0v) is 20.8. The second-order valence-corrected chi connectivity index (χ2v) is 8.51. The molecule has 0 atom stereocenters. The minimum atomic E-state index is 0. The molecule has 0 saturated carbocycles. The summed E-state index contributed by atoms with van der Waals surface area (Å²) in [6.07, 6.45) is 7.34. The number of hydrogen-bond donors (Lipinski definition) is 2. The number of halogens is 1. The molecule has 3 aromatic rings. The van der Waals surface area contributed by atoms with Gasteiger partial charge in [0.25, 0.3) is 0 Å². The number of thiophene rings is 1. The number of nitrogens with one attached hydrogen (secondary N) is 2. The van der Waals surface area contributed by atoms with Gasteiger partial charge in [0, 0.05) is 58.1 Å². The predicted octanol–water partition coefficient (Wildman–Crippen LogP) is 3.69. The summed E-state index contributed by atoms with van der Waals surface area (Å²) in [7, 11) is 1.84. The molecule has 6 nitrogen and oxygen atoms in total. The van der Waals surface area contributed by atoms with Crippen LogP contribution in [0, 0.1) is 6.92 Å². The van der Waals surface area contributed by atoms with Crippen molar-refractivity contribution in [3.05, 3.63) is 58.2 Å². The lowest BCUT2D eigenvalue weighted by Gasteiger charge is -2.32. The zero-order valence-electron chi connectivity index (χ0n) is 17.7. The van der Waals surface area contributed by atoms with E-state index in [1.165, 1.54) is 11.1 Å². The zero-order chi connectivity index (χ0) is 20.1. The van der Waals surface area contributed by atoms with E-state index in [9.17, 15) is 0 Å². The number of hydrogen-bond acceptors (Lipinski definition) is 4. The lowest BCUT2D eigenvalue weighted by atomic mass is 10.0. The average Bonchev–Trinajstić information content (AvgIpc) is 3.39. The Morgan fingerprint density at radius 2 is 2.13 bits per heavy atom. The van der Waals surface area contributed by atoms with E-state index in [0.717, 1.165) is 62.7 Å². The van der Waals surface area contributed by atoms with E-state index in [1.807, 2.05) is 7.05 Å². The Kier molecular flexibility index (Phi) is 8.52. The van der Waals surface area contributed by atoms with Crippen molar-refractivity contribution in [1.82, 2.24) is 24.9 Å². The number of rotatable bonds is 6. The normalized spacial score (nSPS) is 15.9. The van der Waals surface area contributed by atoms with E-state index in [-0.39, 0.29) is 24.0 Å². The smallest absolute Gasteiger partial charge is 0.191 e. The van der Waals surface area contributed by atoms with Gasteiger partial charge in [-0.05, 0) is 53.8 Å². The van der Waals surface area contributed by atoms with Gasteiger partial charge in [-0.2, -0.15) is 11.3 Å². The van der Waals surface area contributed by atoms with Crippen LogP contribution in [0.2, 0.25) is 0 Å². The fourth-order valence-electron chi connectivity index (χ4n) is 3.90. The highest BCUT2D eigenvalue weighted by atomic mass is 127. The molecule has 0 radical (unpaired) electrons. The highest BCUT2D eigenvalue weighted by Gasteiger charge is 2.20. The molecular weight excluding hydrogens is 507 g/mol. The Bertz CT molecular complexity index is 944. The maximum atomic E-state index is 4.75. The van der Waals surface area contributed by atoms with Crippen LogP contribution in [0.1, 0.15) is 29.7 Å². The molecule has 0 bridgehead atoms. The van der Waals surface area contributed by atoms with Gasteiger partial charge in [-0.15, -0.1) is 24.0 Å². The summed E-state index contributed by atoms with van der Waals surface area (Å²) in [6.45, 7) is 6.25. The van der Waals surface area contributed by atoms with Crippen molar-refractivity contribution in [2.24, 2.45) is 4.99 Å². The topological polar surface area (TPSA) is 57.0 Å². The molecule has 0 unspecified atom stereocenters. The number of guanidine groups is 1. The van der Waals surface area contributed by atoms with Gasteiger partial charge in [0.1, 0.15) is 5.65 Å². The third-order valence-electron chi connectivity index (χ3n) is 5.54. The first kappa shape index (κ1) is 23.0. The summed E-state index contributed by atoms with van der Waals surface area (Å²) in [4.78, 5) is 11.7. The molecule has 1 aliphatic heterocycles. The van der Waals surface area contributed by atoms with Crippen LogP contribution in [0.5, 0.6) is 0 Å².